The molecule has 0 spiro atoms. The summed E-state index contributed by atoms with van der Waals surface area (Å²) in [6.07, 6.45) is 35.9. The molecule has 0 aromatic carbocycles. The Morgan fingerprint density at radius 2 is 0.700 bits per heavy atom. The average molecular weight is 422 g/mol. The van der Waals surface area contributed by atoms with Gasteiger partial charge in [-0.1, -0.05) is 129 Å². The van der Waals surface area contributed by atoms with E-state index in [1.54, 1.807) is 0 Å². The topological polar surface area (TPSA) is 3.24 Å². The highest BCUT2D eigenvalue weighted by Gasteiger charge is 1.99. The summed E-state index contributed by atoms with van der Waals surface area (Å²) in [6, 6.07) is 0. The van der Waals surface area contributed by atoms with Gasteiger partial charge < -0.3 is 4.90 Å². The average Bonchev–Trinajstić information content (AvgIpc) is 2.75. The first-order valence-electron chi connectivity index (χ1n) is 14.1. The molecule has 0 rings (SSSR count). The summed E-state index contributed by atoms with van der Waals surface area (Å²) in [5.41, 5.74) is 0. The lowest BCUT2D eigenvalue weighted by Gasteiger charge is -2.16. The van der Waals surface area contributed by atoms with Crippen molar-refractivity contribution in [2.75, 3.05) is 20.1 Å². The number of nitrogens with zero attached hydrogens (tertiary/aromatic N) is 1. The molecular formula is C29H59N. The SMILES string of the molecule is CCCCCCCCC=CCCCCCCCCN(C)CCCCCCCCCC. The maximum Gasteiger partial charge on any atom is -0.00218 e. The van der Waals surface area contributed by atoms with Gasteiger partial charge in [-0.3, -0.25) is 0 Å². The summed E-state index contributed by atoms with van der Waals surface area (Å²) in [4.78, 5) is 2.56. The zero-order valence-electron chi connectivity index (χ0n) is 21.6. The van der Waals surface area contributed by atoms with Crippen LogP contribution in [0.4, 0.5) is 0 Å². The Hall–Kier alpha value is -0.300. The molecule has 0 aromatic heterocycles. The molecule has 1 nitrogen and oxygen atoms in total. The fourth-order valence-electron chi connectivity index (χ4n) is 4.26. The quantitative estimate of drug-likeness (QED) is 0.105. The van der Waals surface area contributed by atoms with Crippen molar-refractivity contribution >= 4 is 0 Å². The number of hydrogen-bond acceptors (Lipinski definition) is 1. The van der Waals surface area contributed by atoms with Crippen LogP contribution in [-0.4, -0.2) is 25.0 Å². The third-order valence-electron chi connectivity index (χ3n) is 6.45. The second kappa shape index (κ2) is 26.7. The molecule has 0 saturated carbocycles. The normalized spacial score (nSPS) is 11.9. The van der Waals surface area contributed by atoms with Crippen LogP contribution in [0.15, 0.2) is 12.2 Å². The molecule has 0 atom stereocenters. The predicted molar refractivity (Wildman–Crippen MR) is 140 cm³/mol. The maximum atomic E-state index is 2.56. The van der Waals surface area contributed by atoms with Crippen LogP contribution >= 0.6 is 0 Å². The highest BCUT2D eigenvalue weighted by atomic mass is 15.1. The Labute approximate surface area is 192 Å². The van der Waals surface area contributed by atoms with Gasteiger partial charge in [0.05, 0.1) is 0 Å². The second-order valence-corrected chi connectivity index (χ2v) is 9.72. The lowest BCUT2D eigenvalue weighted by Crippen LogP contribution is -2.20. The van der Waals surface area contributed by atoms with Crippen LogP contribution in [0.2, 0.25) is 0 Å². The third kappa shape index (κ3) is 25.7. The smallest absolute Gasteiger partial charge is 0.00218 e. The van der Waals surface area contributed by atoms with Gasteiger partial charge in [-0.25, -0.2) is 0 Å². The van der Waals surface area contributed by atoms with Crippen molar-refractivity contribution < 1.29 is 0 Å². The molecule has 0 aliphatic carbocycles. The van der Waals surface area contributed by atoms with E-state index < -0.39 is 0 Å². The van der Waals surface area contributed by atoms with Gasteiger partial charge in [-0.05, 0) is 58.7 Å². The van der Waals surface area contributed by atoms with Crippen molar-refractivity contribution in [2.24, 2.45) is 0 Å². The predicted octanol–water partition coefficient (Wildman–Crippen LogP) is 10.1. The van der Waals surface area contributed by atoms with Crippen LogP contribution in [0.5, 0.6) is 0 Å². The minimum atomic E-state index is 1.30. The number of hydrogen-bond donors (Lipinski definition) is 0. The summed E-state index contributed by atoms with van der Waals surface area (Å²) in [5.74, 6) is 0. The van der Waals surface area contributed by atoms with E-state index in [0.717, 1.165) is 0 Å². The standard InChI is InChI=1S/C29H59N/c1-4-6-8-10-12-14-15-16-17-18-19-20-21-23-25-27-29-30(3)28-26-24-22-13-11-9-7-5-2/h16-17H,4-15,18-29H2,1-3H3. The van der Waals surface area contributed by atoms with Crippen LogP contribution in [0.1, 0.15) is 155 Å². The lowest BCUT2D eigenvalue weighted by molar-refractivity contribution is 0.314. The van der Waals surface area contributed by atoms with E-state index >= 15 is 0 Å². The molecule has 0 aromatic rings. The maximum absolute atomic E-state index is 2.56. The molecule has 0 saturated heterocycles. The summed E-state index contributed by atoms with van der Waals surface area (Å²) in [6.45, 7) is 7.20. The molecule has 0 unspecified atom stereocenters. The van der Waals surface area contributed by atoms with E-state index in [2.05, 4.69) is 37.9 Å². The summed E-state index contributed by atoms with van der Waals surface area (Å²) >= 11 is 0. The fourth-order valence-corrected chi connectivity index (χ4v) is 4.26. The number of rotatable bonds is 25. The molecule has 180 valence electrons. The first-order chi connectivity index (χ1) is 14.8. The molecule has 0 fully saturated rings. The van der Waals surface area contributed by atoms with Gasteiger partial charge in [0.2, 0.25) is 0 Å². The van der Waals surface area contributed by atoms with E-state index in [0.29, 0.717) is 0 Å². The number of allylic oxidation sites excluding steroid dienone is 2. The second-order valence-electron chi connectivity index (χ2n) is 9.72. The lowest BCUT2D eigenvalue weighted by atomic mass is 10.1. The van der Waals surface area contributed by atoms with Gasteiger partial charge in [0.15, 0.2) is 0 Å². The summed E-state index contributed by atoms with van der Waals surface area (Å²) < 4.78 is 0. The molecule has 30 heavy (non-hydrogen) atoms. The Morgan fingerprint density at radius 3 is 1.07 bits per heavy atom. The van der Waals surface area contributed by atoms with Crippen LogP contribution in [0.3, 0.4) is 0 Å². The zero-order chi connectivity index (χ0) is 22.0. The van der Waals surface area contributed by atoms with E-state index in [1.165, 1.54) is 154 Å². The van der Waals surface area contributed by atoms with E-state index in [4.69, 9.17) is 0 Å². The van der Waals surface area contributed by atoms with Crippen molar-refractivity contribution in [3.8, 4) is 0 Å². The van der Waals surface area contributed by atoms with Gasteiger partial charge in [0.25, 0.3) is 0 Å². The van der Waals surface area contributed by atoms with Crippen LogP contribution in [0.25, 0.3) is 0 Å². The first kappa shape index (κ1) is 29.7. The monoisotopic (exact) mass is 421 g/mol. The van der Waals surface area contributed by atoms with Crippen molar-refractivity contribution in [1.82, 2.24) is 4.90 Å². The summed E-state index contributed by atoms with van der Waals surface area (Å²) in [7, 11) is 2.32. The molecule has 0 N–H and O–H groups in total. The molecule has 0 amide bonds. The first-order valence-corrected chi connectivity index (χ1v) is 14.1. The Bertz CT molecular complexity index is 322. The van der Waals surface area contributed by atoms with Crippen molar-refractivity contribution in [3.05, 3.63) is 12.2 Å². The molecule has 0 radical (unpaired) electrons. The minimum absolute atomic E-state index is 1.30. The van der Waals surface area contributed by atoms with Gasteiger partial charge in [0.1, 0.15) is 0 Å². The minimum Gasteiger partial charge on any atom is -0.306 e. The molecule has 1 heteroatoms. The van der Waals surface area contributed by atoms with Crippen molar-refractivity contribution in [1.29, 1.82) is 0 Å². The highest BCUT2D eigenvalue weighted by Crippen LogP contribution is 2.11. The molecule has 0 aliphatic heterocycles. The van der Waals surface area contributed by atoms with E-state index in [1.807, 2.05) is 0 Å². The molecule has 0 bridgehead atoms. The van der Waals surface area contributed by atoms with E-state index in [9.17, 15) is 0 Å². The van der Waals surface area contributed by atoms with Gasteiger partial charge in [-0.2, -0.15) is 0 Å². The van der Waals surface area contributed by atoms with Crippen molar-refractivity contribution in [3.63, 3.8) is 0 Å². The van der Waals surface area contributed by atoms with Gasteiger partial charge in [-0.15, -0.1) is 0 Å². The number of unbranched alkanes of at least 4 members (excludes halogenated alkanes) is 19. The van der Waals surface area contributed by atoms with E-state index in [-0.39, 0.29) is 0 Å². The fraction of sp³-hybridized carbons (Fsp3) is 0.931. The Kier molecular flexibility index (Phi) is 26.5. The zero-order valence-corrected chi connectivity index (χ0v) is 21.6. The Morgan fingerprint density at radius 1 is 0.400 bits per heavy atom. The van der Waals surface area contributed by atoms with Crippen LogP contribution in [0, 0.1) is 0 Å². The van der Waals surface area contributed by atoms with Crippen molar-refractivity contribution in [2.45, 2.75) is 155 Å². The van der Waals surface area contributed by atoms with Gasteiger partial charge in [0, 0.05) is 0 Å². The van der Waals surface area contributed by atoms with Crippen LogP contribution in [-0.2, 0) is 0 Å². The highest BCUT2D eigenvalue weighted by molar-refractivity contribution is 4.81. The van der Waals surface area contributed by atoms with Crippen LogP contribution < -0.4 is 0 Å². The third-order valence-corrected chi connectivity index (χ3v) is 6.45. The Balaban J connectivity index is 3.18. The van der Waals surface area contributed by atoms with Gasteiger partial charge >= 0.3 is 0 Å². The molecular weight excluding hydrogens is 362 g/mol. The summed E-state index contributed by atoms with van der Waals surface area (Å²) in [5, 5.41) is 0. The molecule has 0 heterocycles. The largest absolute Gasteiger partial charge is 0.306 e. The molecule has 0 aliphatic rings.